The first-order valence-corrected chi connectivity index (χ1v) is 13.0. The second-order valence-electron chi connectivity index (χ2n) is 10.9. The van der Waals surface area contributed by atoms with Crippen LogP contribution in [-0.4, -0.2) is 39.2 Å². The number of halogens is 3. The summed E-state index contributed by atoms with van der Waals surface area (Å²) in [4.78, 5) is 18.8. The van der Waals surface area contributed by atoms with E-state index in [-0.39, 0.29) is 5.75 Å². The molecule has 40 heavy (non-hydrogen) atoms. The van der Waals surface area contributed by atoms with Crippen LogP contribution in [0.25, 0.3) is 16.8 Å². The van der Waals surface area contributed by atoms with E-state index in [1.54, 1.807) is 33.7 Å². The van der Waals surface area contributed by atoms with Gasteiger partial charge in [0.05, 0.1) is 18.0 Å². The van der Waals surface area contributed by atoms with E-state index in [0.717, 1.165) is 11.1 Å². The summed E-state index contributed by atoms with van der Waals surface area (Å²) in [5, 5.41) is 0. The summed E-state index contributed by atoms with van der Waals surface area (Å²) in [5.74, 6) is -0.434. The van der Waals surface area contributed by atoms with Gasteiger partial charge in [0.15, 0.2) is 0 Å². The molecule has 1 atom stereocenters. The molecule has 0 saturated heterocycles. The number of rotatable bonds is 4. The van der Waals surface area contributed by atoms with Gasteiger partial charge in [0.25, 0.3) is 0 Å². The average molecular weight is 552 g/mol. The topological polar surface area (TPSA) is 65.3 Å². The van der Waals surface area contributed by atoms with Crippen LogP contribution in [0, 0.1) is 5.82 Å². The van der Waals surface area contributed by atoms with Gasteiger partial charge in [-0.15, -0.1) is 0 Å². The molecule has 0 unspecified atom stereocenters. The van der Waals surface area contributed by atoms with Crippen molar-refractivity contribution in [1.29, 1.82) is 0 Å². The minimum absolute atomic E-state index is 0.0146. The van der Waals surface area contributed by atoms with Crippen molar-refractivity contribution in [3.8, 4) is 16.9 Å². The number of carbonyl (C=O) groups is 1. The quantitative estimate of drug-likeness (QED) is 0.284. The number of fused-ring (bicyclic) bond motifs is 4. The Labute approximate surface area is 229 Å². The maximum Gasteiger partial charge on any atom is 0.410 e. The smallest absolute Gasteiger partial charge is 0.410 e. The first kappa shape index (κ1) is 26.2. The molecule has 7 nitrogen and oxygen atoms in total. The fourth-order valence-electron chi connectivity index (χ4n) is 5.31. The van der Waals surface area contributed by atoms with Crippen molar-refractivity contribution >= 4 is 11.7 Å². The van der Waals surface area contributed by atoms with Gasteiger partial charge in [0.2, 0.25) is 0 Å². The summed E-state index contributed by atoms with van der Waals surface area (Å²) in [6.07, 6.45) is 1.04. The monoisotopic (exact) mass is 551 g/mol. The number of amides is 1. The summed E-state index contributed by atoms with van der Waals surface area (Å²) in [6.45, 7) is 3.58. The van der Waals surface area contributed by atoms with Crippen molar-refractivity contribution in [2.45, 2.75) is 58.6 Å². The van der Waals surface area contributed by atoms with Gasteiger partial charge in [0.1, 0.15) is 28.9 Å². The number of nitrogens with zero attached hydrogens (tertiary/aromatic N) is 3. The van der Waals surface area contributed by atoms with Crippen LogP contribution in [0.4, 0.5) is 18.0 Å². The Morgan fingerprint density at radius 2 is 1.88 bits per heavy atom. The molecule has 0 fully saturated rings. The molecule has 6 rings (SSSR count). The van der Waals surface area contributed by atoms with E-state index >= 15 is 4.39 Å². The predicted octanol–water partition coefficient (Wildman–Crippen LogP) is 6.65. The predicted molar refractivity (Wildman–Crippen MR) is 141 cm³/mol. The number of aromatic nitrogens is 2. The van der Waals surface area contributed by atoms with E-state index in [9.17, 15) is 13.6 Å². The van der Waals surface area contributed by atoms with Gasteiger partial charge < -0.3 is 14.2 Å². The second-order valence-corrected chi connectivity index (χ2v) is 10.9. The Morgan fingerprint density at radius 1 is 1.10 bits per heavy atom. The molecular weight excluding hydrogens is 523 g/mol. The van der Waals surface area contributed by atoms with Crippen molar-refractivity contribution in [1.82, 2.24) is 14.3 Å². The van der Waals surface area contributed by atoms with Crippen molar-refractivity contribution in [2.75, 3.05) is 6.61 Å². The number of pyridine rings is 1. The summed E-state index contributed by atoms with van der Waals surface area (Å²) < 4.78 is 59.8. The van der Waals surface area contributed by atoms with Crippen molar-refractivity contribution < 1.29 is 32.2 Å². The van der Waals surface area contributed by atoms with Gasteiger partial charge in [-0.2, -0.15) is 8.78 Å². The zero-order valence-electron chi connectivity index (χ0n) is 22.3. The number of para-hydroxylation sites is 1. The fourth-order valence-corrected chi connectivity index (χ4v) is 5.31. The molecule has 2 aromatic heterocycles. The molecule has 208 valence electrons. The van der Waals surface area contributed by atoms with E-state index in [1.807, 2.05) is 39.0 Å². The first-order chi connectivity index (χ1) is 19.1. The molecule has 0 aliphatic carbocycles. The molecule has 0 N–H and O–H groups in total. The third-order valence-corrected chi connectivity index (χ3v) is 7.00. The molecule has 0 spiro atoms. The largest absolute Gasteiger partial charge is 0.444 e. The third kappa shape index (κ3) is 4.88. The molecular formula is C30H28F3N3O4. The van der Waals surface area contributed by atoms with E-state index in [1.165, 1.54) is 12.1 Å². The van der Waals surface area contributed by atoms with Crippen molar-refractivity contribution in [2.24, 2.45) is 0 Å². The van der Waals surface area contributed by atoms with E-state index < -0.39 is 30.2 Å². The fraction of sp³-hybridized carbons (Fsp3) is 0.333. The number of ether oxygens (including phenoxy) is 3. The molecule has 0 bridgehead atoms. The summed E-state index contributed by atoms with van der Waals surface area (Å²) in [6, 6.07) is 13.5. The molecule has 2 aromatic carbocycles. The third-order valence-electron chi connectivity index (χ3n) is 7.00. The lowest BCUT2D eigenvalue weighted by Crippen LogP contribution is -2.33. The molecule has 0 saturated carbocycles. The summed E-state index contributed by atoms with van der Waals surface area (Å²) in [5.41, 5.74) is 4.45. The first-order valence-electron chi connectivity index (χ1n) is 13.0. The minimum atomic E-state index is -2.99. The van der Waals surface area contributed by atoms with Crippen LogP contribution in [0.3, 0.4) is 0 Å². The Kier molecular flexibility index (Phi) is 6.45. The Morgan fingerprint density at radius 3 is 2.65 bits per heavy atom. The zero-order valence-corrected chi connectivity index (χ0v) is 22.3. The van der Waals surface area contributed by atoms with E-state index in [4.69, 9.17) is 14.2 Å². The van der Waals surface area contributed by atoms with Gasteiger partial charge in [-0.05, 0) is 49.6 Å². The highest BCUT2D eigenvalue weighted by Crippen LogP contribution is 2.39. The molecule has 4 aromatic rings. The highest BCUT2D eigenvalue weighted by Gasteiger charge is 2.32. The number of hydrogen-bond donors (Lipinski definition) is 0. The van der Waals surface area contributed by atoms with Crippen molar-refractivity contribution in [3.63, 3.8) is 0 Å². The van der Waals surface area contributed by atoms with Gasteiger partial charge in [0, 0.05) is 42.9 Å². The van der Waals surface area contributed by atoms with Crippen LogP contribution >= 0.6 is 0 Å². The normalized spacial score (nSPS) is 16.8. The summed E-state index contributed by atoms with van der Waals surface area (Å²) >= 11 is 0. The van der Waals surface area contributed by atoms with Crippen LogP contribution in [0.2, 0.25) is 0 Å². The van der Waals surface area contributed by atoms with Crippen LogP contribution < -0.4 is 4.74 Å². The Hall–Kier alpha value is -4.05. The lowest BCUT2D eigenvalue weighted by molar-refractivity contribution is -0.0522. The highest BCUT2D eigenvalue weighted by atomic mass is 19.3. The lowest BCUT2D eigenvalue weighted by atomic mass is 10.00. The van der Waals surface area contributed by atoms with Gasteiger partial charge in [-0.3, -0.25) is 9.30 Å². The maximum atomic E-state index is 15.5. The average Bonchev–Trinajstić information content (AvgIpc) is 3.48. The Bertz CT molecular complexity index is 1610. The lowest BCUT2D eigenvalue weighted by Gasteiger charge is -2.25. The van der Waals surface area contributed by atoms with Crippen molar-refractivity contribution in [3.05, 3.63) is 88.6 Å². The summed E-state index contributed by atoms with van der Waals surface area (Å²) in [7, 11) is 0. The molecule has 4 heterocycles. The molecule has 2 aliphatic heterocycles. The Balaban J connectivity index is 1.38. The van der Waals surface area contributed by atoms with Crippen LogP contribution in [0.15, 0.2) is 54.7 Å². The van der Waals surface area contributed by atoms with E-state index in [2.05, 4.69) is 4.98 Å². The molecule has 2 aliphatic rings. The molecule has 0 radical (unpaired) electrons. The standard InChI is InChI=1S/C30H28F3N3O4/c1-30(2,3)40-29(37)35-14-18-9-8-17(12-19(18)15-35)21-16-36-25(13-22(21)31)34-23-10-11-38-27(26(23)36)20-6-4-5-7-24(20)39-28(32)33/h4-9,12-13,16,27-28H,10-11,14-15H2,1-3H3/t27-/m1/s1. The molecule has 1 amide bonds. The number of imidazole rings is 1. The van der Waals surface area contributed by atoms with E-state index in [0.29, 0.717) is 59.8 Å². The zero-order chi connectivity index (χ0) is 28.2. The van der Waals surface area contributed by atoms with Crippen LogP contribution in [0.5, 0.6) is 5.75 Å². The number of alkyl halides is 2. The molecule has 10 heteroatoms. The number of carbonyl (C=O) groups excluding carboxylic acids is 1. The van der Waals surface area contributed by atoms with Gasteiger partial charge in [-0.25, -0.2) is 14.2 Å². The number of hydrogen-bond acceptors (Lipinski definition) is 5. The van der Waals surface area contributed by atoms with Crippen LogP contribution in [-0.2, 0) is 29.0 Å². The van der Waals surface area contributed by atoms with Crippen LogP contribution in [0.1, 0.15) is 55.0 Å². The number of benzene rings is 2. The van der Waals surface area contributed by atoms with Gasteiger partial charge in [-0.1, -0.05) is 30.3 Å². The second kappa shape index (κ2) is 9.85. The highest BCUT2D eigenvalue weighted by molar-refractivity contribution is 5.71. The van der Waals surface area contributed by atoms with Gasteiger partial charge >= 0.3 is 12.7 Å². The minimum Gasteiger partial charge on any atom is -0.444 e. The maximum absolute atomic E-state index is 15.5. The SMILES string of the molecule is CC(C)(C)OC(=O)N1Cc2ccc(-c3cn4c5c(nc4cc3F)CCO[C@@H]5c3ccccc3OC(F)F)cc2C1.